The van der Waals surface area contributed by atoms with Gasteiger partial charge in [-0.15, -0.1) is 34.3 Å². The predicted octanol–water partition coefficient (Wildman–Crippen LogP) is 5.22. The summed E-state index contributed by atoms with van der Waals surface area (Å²) in [4.78, 5) is 3.53. The van der Waals surface area contributed by atoms with Gasteiger partial charge in [0, 0.05) is 24.5 Å². The molecule has 16 heavy (non-hydrogen) atoms. The molecule has 2 heterocycles. The highest BCUT2D eigenvalue weighted by Crippen LogP contribution is 2.42. The van der Waals surface area contributed by atoms with E-state index in [0.717, 1.165) is 20.0 Å². The van der Waals surface area contributed by atoms with Crippen LogP contribution in [0.4, 0.5) is 0 Å². The van der Waals surface area contributed by atoms with E-state index in [4.69, 9.17) is 16.3 Å². The second kappa shape index (κ2) is 5.08. The molecule has 1 nitrogen and oxygen atoms in total. The molecule has 1 unspecified atom stereocenters. The summed E-state index contributed by atoms with van der Waals surface area (Å²) in [5.74, 6) is 0.870. The molecule has 86 valence electrons. The van der Waals surface area contributed by atoms with E-state index in [1.165, 1.54) is 4.88 Å². The average Bonchev–Trinajstić information content (AvgIpc) is 2.84. The second-order valence-electron chi connectivity index (χ2n) is 3.32. The van der Waals surface area contributed by atoms with Gasteiger partial charge in [-0.25, -0.2) is 0 Å². The minimum Gasteiger partial charge on any atom is -0.496 e. The fourth-order valence-electron chi connectivity index (χ4n) is 1.38. The number of hydrogen-bond acceptors (Lipinski definition) is 3. The molecule has 0 radical (unpaired) electrons. The molecule has 2 aromatic heterocycles. The van der Waals surface area contributed by atoms with E-state index >= 15 is 0 Å². The van der Waals surface area contributed by atoms with Crippen molar-refractivity contribution in [3.8, 4) is 5.75 Å². The summed E-state index contributed by atoms with van der Waals surface area (Å²) in [6, 6.07) is 4.09. The molecule has 0 bridgehead atoms. The van der Waals surface area contributed by atoms with E-state index in [0.29, 0.717) is 0 Å². The molecule has 2 rings (SSSR count). The molecule has 2 aromatic rings. The third-order valence-corrected chi connectivity index (χ3v) is 5.87. The van der Waals surface area contributed by atoms with Crippen molar-refractivity contribution in [2.45, 2.75) is 12.3 Å². The first-order chi connectivity index (χ1) is 7.61. The van der Waals surface area contributed by atoms with Crippen LogP contribution in [-0.2, 0) is 0 Å². The third-order valence-electron chi connectivity index (χ3n) is 2.15. The number of thiophene rings is 2. The standard InChI is InChI=1S/C11H10BrClOS2/c1-6-3-8(12)11(16-6)10(13)9-4-7(14-2)5-15-9/h3-5,10H,1-2H3. The van der Waals surface area contributed by atoms with Crippen molar-refractivity contribution in [1.82, 2.24) is 0 Å². The number of ether oxygens (including phenoxy) is 1. The highest BCUT2D eigenvalue weighted by atomic mass is 79.9. The summed E-state index contributed by atoms with van der Waals surface area (Å²) >= 11 is 13.3. The molecule has 0 N–H and O–H groups in total. The average molecular weight is 338 g/mol. The van der Waals surface area contributed by atoms with Crippen LogP contribution in [0.1, 0.15) is 20.0 Å². The lowest BCUT2D eigenvalue weighted by atomic mass is 10.3. The largest absolute Gasteiger partial charge is 0.496 e. The molecule has 0 amide bonds. The number of hydrogen-bond donors (Lipinski definition) is 0. The van der Waals surface area contributed by atoms with Crippen molar-refractivity contribution >= 4 is 50.2 Å². The van der Waals surface area contributed by atoms with Gasteiger partial charge in [0.05, 0.1) is 7.11 Å². The molecular formula is C11H10BrClOS2. The maximum atomic E-state index is 6.46. The summed E-state index contributed by atoms with van der Waals surface area (Å²) in [7, 11) is 1.67. The van der Waals surface area contributed by atoms with Crippen LogP contribution >= 0.6 is 50.2 Å². The van der Waals surface area contributed by atoms with Crippen LogP contribution in [0.5, 0.6) is 5.75 Å². The fraction of sp³-hybridized carbons (Fsp3) is 0.273. The summed E-state index contributed by atoms with van der Waals surface area (Å²) < 4.78 is 6.25. The van der Waals surface area contributed by atoms with E-state index in [1.807, 2.05) is 11.4 Å². The number of halogens is 2. The number of aryl methyl sites for hydroxylation is 1. The second-order valence-corrected chi connectivity index (χ2v) is 6.84. The van der Waals surface area contributed by atoms with Gasteiger partial charge in [0.15, 0.2) is 0 Å². The van der Waals surface area contributed by atoms with Gasteiger partial charge < -0.3 is 4.74 Å². The lowest BCUT2D eigenvalue weighted by molar-refractivity contribution is 0.416. The summed E-state index contributed by atoms with van der Waals surface area (Å²) in [6.45, 7) is 2.08. The van der Waals surface area contributed by atoms with Crippen LogP contribution in [-0.4, -0.2) is 7.11 Å². The molecule has 1 atom stereocenters. The Balaban J connectivity index is 2.31. The Bertz CT molecular complexity index is 492. The van der Waals surface area contributed by atoms with Crippen LogP contribution in [0, 0.1) is 6.92 Å². The van der Waals surface area contributed by atoms with E-state index < -0.39 is 0 Å². The first-order valence-corrected chi connectivity index (χ1v) is 7.56. The SMILES string of the molecule is COc1csc(C(Cl)c2sc(C)cc2Br)c1. The summed E-state index contributed by atoms with van der Waals surface area (Å²) in [6.07, 6.45) is 0. The lowest BCUT2D eigenvalue weighted by Crippen LogP contribution is -1.86. The monoisotopic (exact) mass is 336 g/mol. The Morgan fingerprint density at radius 1 is 1.44 bits per heavy atom. The van der Waals surface area contributed by atoms with Gasteiger partial charge in [0.2, 0.25) is 0 Å². The zero-order valence-electron chi connectivity index (χ0n) is 8.79. The minimum atomic E-state index is -0.0954. The molecule has 0 saturated carbocycles. The fourth-order valence-corrected chi connectivity index (χ4v) is 4.77. The molecule has 0 aliphatic carbocycles. The minimum absolute atomic E-state index is 0.0954. The zero-order valence-corrected chi connectivity index (χ0v) is 12.8. The molecule has 5 heteroatoms. The molecule has 0 spiro atoms. The molecule has 0 fully saturated rings. The van der Waals surface area contributed by atoms with Crippen molar-refractivity contribution in [2.75, 3.05) is 7.11 Å². The zero-order chi connectivity index (χ0) is 11.7. The van der Waals surface area contributed by atoms with Gasteiger partial charge in [-0.1, -0.05) is 0 Å². The van der Waals surface area contributed by atoms with E-state index in [-0.39, 0.29) is 5.38 Å². The van der Waals surface area contributed by atoms with Crippen LogP contribution in [0.15, 0.2) is 22.0 Å². The van der Waals surface area contributed by atoms with Crippen molar-refractivity contribution in [1.29, 1.82) is 0 Å². The molecule has 0 aromatic carbocycles. The summed E-state index contributed by atoms with van der Waals surface area (Å²) in [5, 5.41) is 1.88. The van der Waals surface area contributed by atoms with E-state index in [2.05, 4.69) is 28.9 Å². The molecule has 0 aliphatic rings. The third kappa shape index (κ3) is 2.45. The molecular weight excluding hydrogens is 328 g/mol. The Morgan fingerprint density at radius 3 is 2.69 bits per heavy atom. The normalized spacial score (nSPS) is 12.8. The molecule has 0 saturated heterocycles. The van der Waals surface area contributed by atoms with E-state index in [1.54, 1.807) is 29.8 Å². The van der Waals surface area contributed by atoms with Gasteiger partial charge in [-0.3, -0.25) is 0 Å². The van der Waals surface area contributed by atoms with Gasteiger partial charge in [0.1, 0.15) is 11.1 Å². The van der Waals surface area contributed by atoms with Crippen molar-refractivity contribution in [3.63, 3.8) is 0 Å². The Hall–Kier alpha value is -0.0300. The Morgan fingerprint density at radius 2 is 2.19 bits per heavy atom. The van der Waals surface area contributed by atoms with Crippen LogP contribution < -0.4 is 4.74 Å². The van der Waals surface area contributed by atoms with Crippen LogP contribution in [0.3, 0.4) is 0 Å². The maximum Gasteiger partial charge on any atom is 0.129 e. The van der Waals surface area contributed by atoms with Gasteiger partial charge in [0.25, 0.3) is 0 Å². The van der Waals surface area contributed by atoms with Crippen LogP contribution in [0.2, 0.25) is 0 Å². The highest BCUT2D eigenvalue weighted by molar-refractivity contribution is 9.10. The first-order valence-electron chi connectivity index (χ1n) is 4.64. The lowest BCUT2D eigenvalue weighted by Gasteiger charge is -2.04. The van der Waals surface area contributed by atoms with Crippen molar-refractivity contribution in [2.24, 2.45) is 0 Å². The van der Waals surface area contributed by atoms with Crippen molar-refractivity contribution < 1.29 is 4.74 Å². The van der Waals surface area contributed by atoms with Crippen molar-refractivity contribution in [3.05, 3.63) is 36.6 Å². The van der Waals surface area contributed by atoms with Gasteiger partial charge in [-0.05, 0) is 35.0 Å². The highest BCUT2D eigenvalue weighted by Gasteiger charge is 2.18. The smallest absolute Gasteiger partial charge is 0.129 e. The predicted molar refractivity (Wildman–Crippen MR) is 75.3 cm³/mol. The van der Waals surface area contributed by atoms with Gasteiger partial charge >= 0.3 is 0 Å². The number of rotatable bonds is 3. The van der Waals surface area contributed by atoms with E-state index in [9.17, 15) is 0 Å². The Kier molecular flexibility index (Phi) is 3.95. The summed E-state index contributed by atoms with van der Waals surface area (Å²) in [5.41, 5.74) is 0. The maximum absolute atomic E-state index is 6.46. The Labute approximate surface area is 116 Å². The topological polar surface area (TPSA) is 9.23 Å². The first kappa shape index (κ1) is 12.4. The quantitative estimate of drug-likeness (QED) is 0.698. The number of alkyl halides is 1. The van der Waals surface area contributed by atoms with Gasteiger partial charge in [-0.2, -0.15) is 0 Å². The van der Waals surface area contributed by atoms with Crippen LogP contribution in [0.25, 0.3) is 0 Å². The number of methoxy groups -OCH3 is 1. The molecule has 0 aliphatic heterocycles.